The lowest BCUT2D eigenvalue weighted by Gasteiger charge is -2.01. The number of aryl methyl sites for hydroxylation is 2. The predicted molar refractivity (Wildman–Crippen MR) is 57.3 cm³/mol. The lowest BCUT2D eigenvalue weighted by atomic mass is 10.3. The van der Waals surface area contributed by atoms with Crippen molar-refractivity contribution in [3.05, 3.63) is 46.4 Å². The van der Waals surface area contributed by atoms with Gasteiger partial charge in [-0.1, -0.05) is 6.07 Å². The molecule has 2 rings (SSSR count). The SMILES string of the molecule is Cc1oc(=O)n(CCc2ccccn2)c1O. The highest BCUT2D eigenvalue weighted by atomic mass is 16.4. The van der Waals surface area contributed by atoms with Crippen LogP contribution in [-0.2, 0) is 13.0 Å². The van der Waals surface area contributed by atoms with Gasteiger partial charge in [-0.05, 0) is 19.1 Å². The van der Waals surface area contributed by atoms with E-state index in [0.29, 0.717) is 13.0 Å². The maximum absolute atomic E-state index is 11.3. The molecule has 2 aromatic rings. The zero-order valence-corrected chi connectivity index (χ0v) is 8.88. The van der Waals surface area contributed by atoms with Crippen molar-refractivity contribution in [2.75, 3.05) is 0 Å². The van der Waals surface area contributed by atoms with E-state index in [1.165, 1.54) is 4.57 Å². The average Bonchev–Trinajstić information content (AvgIpc) is 2.53. The molecule has 0 spiro atoms. The second kappa shape index (κ2) is 4.22. The zero-order chi connectivity index (χ0) is 11.5. The van der Waals surface area contributed by atoms with Crippen LogP contribution < -0.4 is 5.76 Å². The normalized spacial score (nSPS) is 10.6. The summed E-state index contributed by atoms with van der Waals surface area (Å²) in [6.07, 6.45) is 2.27. The van der Waals surface area contributed by atoms with Crippen molar-refractivity contribution in [3.63, 3.8) is 0 Å². The summed E-state index contributed by atoms with van der Waals surface area (Å²) in [5.74, 6) is -0.405. The lowest BCUT2D eigenvalue weighted by Crippen LogP contribution is -2.15. The number of hydrogen-bond donors (Lipinski definition) is 1. The van der Waals surface area contributed by atoms with Gasteiger partial charge in [-0.2, -0.15) is 0 Å². The molecular formula is C11H12N2O3. The van der Waals surface area contributed by atoms with Crippen LogP contribution in [0.15, 0.2) is 33.6 Å². The van der Waals surface area contributed by atoms with Crippen molar-refractivity contribution >= 4 is 0 Å². The van der Waals surface area contributed by atoms with Gasteiger partial charge in [0.1, 0.15) is 0 Å². The molecule has 2 heterocycles. The molecule has 5 nitrogen and oxygen atoms in total. The summed E-state index contributed by atoms with van der Waals surface area (Å²) in [5, 5.41) is 9.55. The second-order valence-electron chi connectivity index (χ2n) is 3.47. The van der Waals surface area contributed by atoms with E-state index in [1.807, 2.05) is 18.2 Å². The third kappa shape index (κ3) is 1.98. The summed E-state index contributed by atoms with van der Waals surface area (Å²) in [4.78, 5) is 15.4. The quantitative estimate of drug-likeness (QED) is 0.840. The van der Waals surface area contributed by atoms with Gasteiger partial charge in [-0.25, -0.2) is 9.36 Å². The topological polar surface area (TPSA) is 68.3 Å². The number of rotatable bonds is 3. The molecule has 0 unspecified atom stereocenters. The molecule has 0 radical (unpaired) electrons. The van der Waals surface area contributed by atoms with Crippen LogP contribution in [-0.4, -0.2) is 14.7 Å². The first-order chi connectivity index (χ1) is 7.68. The molecule has 1 N–H and O–H groups in total. The first kappa shape index (κ1) is 10.5. The standard InChI is InChI=1S/C11H12N2O3/c1-8-10(14)13(11(15)16-8)7-5-9-4-2-3-6-12-9/h2-4,6,14H,5,7H2,1H3. The maximum atomic E-state index is 11.3. The highest BCUT2D eigenvalue weighted by Crippen LogP contribution is 2.13. The molecule has 5 heteroatoms. The van der Waals surface area contributed by atoms with Crippen molar-refractivity contribution in [3.8, 4) is 5.88 Å². The molecule has 84 valence electrons. The van der Waals surface area contributed by atoms with Crippen LogP contribution in [0.3, 0.4) is 0 Å². The smallest absolute Gasteiger partial charge is 0.422 e. The predicted octanol–water partition coefficient (Wildman–Crippen LogP) is 1.09. The van der Waals surface area contributed by atoms with E-state index in [4.69, 9.17) is 4.42 Å². The van der Waals surface area contributed by atoms with Crippen LogP contribution >= 0.6 is 0 Å². The van der Waals surface area contributed by atoms with E-state index < -0.39 is 5.76 Å². The fraction of sp³-hybridized carbons (Fsp3) is 0.273. The monoisotopic (exact) mass is 220 g/mol. The Kier molecular flexibility index (Phi) is 2.76. The second-order valence-corrected chi connectivity index (χ2v) is 3.47. The van der Waals surface area contributed by atoms with E-state index in [9.17, 15) is 9.90 Å². The summed E-state index contributed by atoms with van der Waals surface area (Å²) in [5.41, 5.74) is 0.868. The van der Waals surface area contributed by atoms with Gasteiger partial charge in [-0.15, -0.1) is 0 Å². The van der Waals surface area contributed by atoms with Crippen molar-refractivity contribution in [1.29, 1.82) is 0 Å². The molecule has 0 aliphatic rings. The van der Waals surface area contributed by atoms with Gasteiger partial charge in [0, 0.05) is 24.9 Å². The highest BCUT2D eigenvalue weighted by molar-refractivity contribution is 5.13. The first-order valence-corrected chi connectivity index (χ1v) is 4.97. The Morgan fingerprint density at radius 2 is 2.31 bits per heavy atom. The van der Waals surface area contributed by atoms with Crippen molar-refractivity contribution in [2.24, 2.45) is 0 Å². The van der Waals surface area contributed by atoms with Crippen molar-refractivity contribution in [2.45, 2.75) is 19.9 Å². The summed E-state index contributed by atoms with van der Waals surface area (Å²) >= 11 is 0. The molecule has 16 heavy (non-hydrogen) atoms. The molecule has 0 bridgehead atoms. The fourth-order valence-corrected chi connectivity index (χ4v) is 1.48. The molecule has 0 aromatic carbocycles. The number of hydrogen-bond acceptors (Lipinski definition) is 4. The van der Waals surface area contributed by atoms with Gasteiger partial charge >= 0.3 is 5.76 Å². The molecule has 0 aliphatic heterocycles. The summed E-state index contributed by atoms with van der Waals surface area (Å²) in [7, 11) is 0. The van der Waals surface area contributed by atoms with Gasteiger partial charge in [0.2, 0.25) is 5.88 Å². The van der Waals surface area contributed by atoms with Crippen LogP contribution in [0, 0.1) is 6.92 Å². The Labute approximate surface area is 92.0 Å². The lowest BCUT2D eigenvalue weighted by molar-refractivity contribution is 0.409. The minimum Gasteiger partial charge on any atom is -0.492 e. The third-order valence-corrected chi connectivity index (χ3v) is 2.35. The number of aromatic hydroxyl groups is 1. The average molecular weight is 220 g/mol. The molecule has 0 saturated carbocycles. The minimum absolute atomic E-state index is 0.110. The van der Waals surface area contributed by atoms with Gasteiger partial charge < -0.3 is 9.52 Å². The third-order valence-electron chi connectivity index (χ3n) is 2.35. The Morgan fingerprint density at radius 3 is 2.88 bits per heavy atom. The van der Waals surface area contributed by atoms with Gasteiger partial charge in [0.15, 0.2) is 5.76 Å². The molecule has 0 atom stereocenters. The van der Waals surface area contributed by atoms with Gasteiger partial charge in [0.05, 0.1) is 0 Å². The van der Waals surface area contributed by atoms with Crippen molar-refractivity contribution < 1.29 is 9.52 Å². The molecule has 0 amide bonds. The van der Waals surface area contributed by atoms with Gasteiger partial charge in [0.25, 0.3) is 0 Å². The Hall–Kier alpha value is -2.04. The largest absolute Gasteiger partial charge is 0.492 e. The summed E-state index contributed by atoms with van der Waals surface area (Å²) < 4.78 is 5.97. The number of pyridine rings is 1. The number of nitrogens with zero attached hydrogens (tertiary/aromatic N) is 2. The Balaban J connectivity index is 2.14. The van der Waals surface area contributed by atoms with E-state index >= 15 is 0 Å². The Bertz CT molecular complexity index is 528. The van der Waals surface area contributed by atoms with Crippen LogP contribution in [0.5, 0.6) is 5.88 Å². The van der Waals surface area contributed by atoms with Crippen molar-refractivity contribution in [1.82, 2.24) is 9.55 Å². The fourth-order valence-electron chi connectivity index (χ4n) is 1.48. The van der Waals surface area contributed by atoms with E-state index in [1.54, 1.807) is 13.1 Å². The highest BCUT2D eigenvalue weighted by Gasteiger charge is 2.11. The molecule has 0 aliphatic carbocycles. The Morgan fingerprint density at radius 1 is 1.50 bits per heavy atom. The minimum atomic E-state index is -0.536. The molecule has 2 aromatic heterocycles. The number of aromatic nitrogens is 2. The van der Waals surface area contributed by atoms with Crippen LogP contribution in [0.1, 0.15) is 11.5 Å². The van der Waals surface area contributed by atoms with E-state index in [0.717, 1.165) is 5.69 Å². The van der Waals surface area contributed by atoms with Gasteiger partial charge in [-0.3, -0.25) is 4.98 Å². The van der Waals surface area contributed by atoms with Crippen LogP contribution in [0.4, 0.5) is 0 Å². The summed E-state index contributed by atoms with van der Waals surface area (Å²) in [6, 6.07) is 5.58. The van der Waals surface area contributed by atoms with E-state index in [2.05, 4.69) is 4.98 Å². The van der Waals surface area contributed by atoms with Crippen LogP contribution in [0.25, 0.3) is 0 Å². The zero-order valence-electron chi connectivity index (χ0n) is 8.88. The van der Waals surface area contributed by atoms with E-state index in [-0.39, 0.29) is 11.6 Å². The van der Waals surface area contributed by atoms with Crippen LogP contribution in [0.2, 0.25) is 0 Å². The molecule has 0 fully saturated rings. The molecule has 0 saturated heterocycles. The molecular weight excluding hydrogens is 208 g/mol. The maximum Gasteiger partial charge on any atom is 0.422 e. The first-order valence-electron chi connectivity index (χ1n) is 4.97. The summed E-state index contributed by atoms with van der Waals surface area (Å²) in [6.45, 7) is 1.91. The number of oxazole rings is 1.